The molecule has 0 spiro atoms. The number of methoxy groups -OCH3 is 1. The van der Waals surface area contributed by atoms with Crippen LogP contribution in [0.4, 0.5) is 0 Å². The van der Waals surface area contributed by atoms with Gasteiger partial charge in [-0.15, -0.1) is 11.3 Å². The Hall–Kier alpha value is -3.07. The van der Waals surface area contributed by atoms with Gasteiger partial charge in [0.05, 0.1) is 7.11 Å². The summed E-state index contributed by atoms with van der Waals surface area (Å²) in [6, 6.07) is 11.1. The van der Waals surface area contributed by atoms with E-state index < -0.39 is 0 Å². The molecule has 9 heteroatoms. The van der Waals surface area contributed by atoms with Crippen molar-refractivity contribution in [3.63, 3.8) is 0 Å². The zero-order chi connectivity index (χ0) is 20.9. The smallest absolute Gasteiger partial charge is 0.348 e. The third-order valence-electron chi connectivity index (χ3n) is 5.31. The molecule has 1 aliphatic rings. The topological polar surface area (TPSA) is 89.5 Å². The molecule has 1 aliphatic heterocycles. The molecule has 1 saturated heterocycles. The molecule has 30 heavy (non-hydrogen) atoms. The lowest BCUT2D eigenvalue weighted by molar-refractivity contribution is -0.134. The maximum atomic E-state index is 12.5. The van der Waals surface area contributed by atoms with E-state index in [4.69, 9.17) is 9.47 Å². The number of hydrogen-bond acceptors (Lipinski definition) is 6. The van der Waals surface area contributed by atoms with Gasteiger partial charge in [0.15, 0.2) is 6.61 Å². The van der Waals surface area contributed by atoms with Gasteiger partial charge in [-0.3, -0.25) is 4.79 Å². The Morgan fingerprint density at radius 2 is 2.03 bits per heavy atom. The lowest BCUT2D eigenvalue weighted by atomic mass is 9.93. The van der Waals surface area contributed by atoms with Crippen LogP contribution >= 0.6 is 11.3 Å². The van der Waals surface area contributed by atoms with Gasteiger partial charge in [0.25, 0.3) is 5.91 Å². The molecule has 0 aliphatic carbocycles. The number of nitrogens with zero attached hydrogens (tertiary/aromatic N) is 3. The highest BCUT2D eigenvalue weighted by molar-refractivity contribution is 7.12. The normalized spacial score (nSPS) is 14.6. The van der Waals surface area contributed by atoms with E-state index in [2.05, 4.69) is 10.2 Å². The highest BCUT2D eigenvalue weighted by Gasteiger charge is 2.25. The first-order valence-corrected chi connectivity index (χ1v) is 10.8. The first kappa shape index (κ1) is 20.2. The standard InChI is InChI=1S/C21H24N4O4S/c1-28-16-4-2-5-17(13-16)29-14-19(26)24-9-7-15(8-10-24)12-18-22-23-21(27)25(18)20-6-3-11-30-20/h2-6,11,13,15H,7-10,12,14H2,1H3,(H,23,27). The molecule has 1 fully saturated rings. The van der Waals surface area contributed by atoms with Crippen LogP contribution in [0.3, 0.4) is 0 Å². The molecule has 1 N–H and O–H groups in total. The third kappa shape index (κ3) is 4.56. The number of amides is 1. The van der Waals surface area contributed by atoms with E-state index in [0.29, 0.717) is 36.9 Å². The SMILES string of the molecule is COc1cccc(OCC(=O)N2CCC(Cc3n[nH]c(=O)n3-c3cccs3)CC2)c1. The molecule has 158 valence electrons. The van der Waals surface area contributed by atoms with Gasteiger partial charge in [0.2, 0.25) is 0 Å². The summed E-state index contributed by atoms with van der Waals surface area (Å²) in [5.74, 6) is 2.41. The number of likely N-dealkylation sites (tertiary alicyclic amines) is 1. The van der Waals surface area contributed by atoms with Crippen molar-refractivity contribution in [3.8, 4) is 16.5 Å². The largest absolute Gasteiger partial charge is 0.497 e. The van der Waals surface area contributed by atoms with Gasteiger partial charge >= 0.3 is 5.69 Å². The van der Waals surface area contributed by atoms with Gasteiger partial charge in [-0.1, -0.05) is 6.07 Å². The van der Waals surface area contributed by atoms with Crippen molar-refractivity contribution in [2.75, 3.05) is 26.8 Å². The summed E-state index contributed by atoms with van der Waals surface area (Å²) in [5.41, 5.74) is -0.213. The quantitative estimate of drug-likeness (QED) is 0.625. The molecular formula is C21H24N4O4S. The zero-order valence-electron chi connectivity index (χ0n) is 16.7. The lowest BCUT2D eigenvalue weighted by Gasteiger charge is -2.31. The fourth-order valence-electron chi connectivity index (χ4n) is 3.66. The average molecular weight is 429 g/mol. The van der Waals surface area contributed by atoms with Gasteiger partial charge < -0.3 is 14.4 Å². The van der Waals surface area contributed by atoms with E-state index in [-0.39, 0.29) is 18.2 Å². The van der Waals surface area contributed by atoms with Crippen molar-refractivity contribution in [1.82, 2.24) is 19.7 Å². The minimum absolute atomic E-state index is 0.00905. The number of carbonyl (C=O) groups is 1. The molecule has 3 aromatic rings. The highest BCUT2D eigenvalue weighted by atomic mass is 32.1. The summed E-state index contributed by atoms with van der Waals surface area (Å²) in [7, 11) is 1.59. The Bertz CT molecular complexity index is 1040. The average Bonchev–Trinajstić information content (AvgIpc) is 3.42. The molecule has 1 amide bonds. The molecule has 4 rings (SSSR count). The van der Waals surface area contributed by atoms with Crippen LogP contribution in [0.5, 0.6) is 11.5 Å². The van der Waals surface area contributed by atoms with Crippen LogP contribution in [0.15, 0.2) is 46.6 Å². The van der Waals surface area contributed by atoms with Crippen LogP contribution in [0.2, 0.25) is 0 Å². The first-order valence-electron chi connectivity index (χ1n) is 9.89. The van der Waals surface area contributed by atoms with Crippen LogP contribution in [-0.4, -0.2) is 52.4 Å². The predicted molar refractivity (Wildman–Crippen MR) is 114 cm³/mol. The van der Waals surface area contributed by atoms with Gasteiger partial charge in [-0.25, -0.2) is 14.5 Å². The molecule has 0 atom stereocenters. The predicted octanol–water partition coefficient (Wildman–Crippen LogP) is 2.49. The van der Waals surface area contributed by atoms with Crippen LogP contribution in [-0.2, 0) is 11.2 Å². The zero-order valence-corrected chi connectivity index (χ0v) is 17.6. The molecule has 0 bridgehead atoms. The summed E-state index contributed by atoms with van der Waals surface area (Å²) in [6.07, 6.45) is 2.45. The number of rotatable bonds is 7. The van der Waals surface area contributed by atoms with Gasteiger partial charge in [0.1, 0.15) is 22.3 Å². The fourth-order valence-corrected chi connectivity index (χ4v) is 4.41. The number of ether oxygens (including phenoxy) is 2. The molecule has 8 nitrogen and oxygen atoms in total. The van der Waals surface area contributed by atoms with Crippen molar-refractivity contribution < 1.29 is 14.3 Å². The van der Waals surface area contributed by atoms with E-state index in [0.717, 1.165) is 23.7 Å². The maximum absolute atomic E-state index is 12.5. The number of hydrogen-bond donors (Lipinski definition) is 1. The first-order chi connectivity index (χ1) is 14.6. The van der Waals surface area contributed by atoms with Crippen molar-refractivity contribution in [2.24, 2.45) is 5.92 Å². The molecule has 1 aromatic carbocycles. The molecule has 0 saturated carbocycles. The Labute approximate surface area is 178 Å². The Kier molecular flexibility index (Phi) is 6.18. The number of nitrogens with one attached hydrogen (secondary N) is 1. The number of H-pyrrole nitrogens is 1. The van der Waals surface area contributed by atoms with Crippen LogP contribution in [0.1, 0.15) is 18.7 Å². The number of aromatic nitrogens is 3. The van der Waals surface area contributed by atoms with E-state index in [1.54, 1.807) is 23.8 Å². The number of benzene rings is 1. The van der Waals surface area contributed by atoms with E-state index >= 15 is 0 Å². The van der Waals surface area contributed by atoms with Crippen LogP contribution in [0.25, 0.3) is 5.00 Å². The second kappa shape index (κ2) is 9.17. The molecule has 0 unspecified atom stereocenters. The Morgan fingerprint density at radius 3 is 2.77 bits per heavy atom. The number of carbonyl (C=O) groups excluding carboxylic acids is 1. The van der Waals surface area contributed by atoms with Crippen LogP contribution in [0, 0.1) is 5.92 Å². The molecular weight excluding hydrogens is 404 g/mol. The summed E-state index contributed by atoms with van der Waals surface area (Å²) in [5, 5.41) is 9.58. The van der Waals surface area contributed by atoms with E-state index in [1.165, 1.54) is 11.3 Å². The van der Waals surface area contributed by atoms with Gasteiger partial charge in [-0.05, 0) is 48.4 Å². The van der Waals surface area contributed by atoms with E-state index in [9.17, 15) is 9.59 Å². The van der Waals surface area contributed by atoms with Crippen molar-refractivity contribution in [1.29, 1.82) is 0 Å². The van der Waals surface area contributed by atoms with Crippen molar-refractivity contribution >= 4 is 17.2 Å². The third-order valence-corrected chi connectivity index (χ3v) is 6.16. The molecule has 0 radical (unpaired) electrons. The minimum Gasteiger partial charge on any atom is -0.497 e. The minimum atomic E-state index is -0.213. The highest BCUT2D eigenvalue weighted by Crippen LogP contribution is 2.23. The fraction of sp³-hybridized carbons (Fsp3) is 0.381. The summed E-state index contributed by atoms with van der Waals surface area (Å²) < 4.78 is 12.4. The molecule has 3 heterocycles. The van der Waals surface area contributed by atoms with E-state index in [1.807, 2.05) is 34.5 Å². The monoisotopic (exact) mass is 428 g/mol. The summed E-state index contributed by atoms with van der Waals surface area (Å²) >= 11 is 1.51. The Morgan fingerprint density at radius 1 is 1.23 bits per heavy atom. The summed E-state index contributed by atoms with van der Waals surface area (Å²) in [4.78, 5) is 26.5. The molecule has 2 aromatic heterocycles. The maximum Gasteiger partial charge on any atom is 0.348 e. The van der Waals surface area contributed by atoms with Crippen molar-refractivity contribution in [3.05, 3.63) is 58.1 Å². The van der Waals surface area contributed by atoms with Crippen molar-refractivity contribution in [2.45, 2.75) is 19.3 Å². The van der Waals surface area contributed by atoms with Gasteiger partial charge in [0, 0.05) is 25.6 Å². The number of piperidine rings is 1. The summed E-state index contributed by atoms with van der Waals surface area (Å²) in [6.45, 7) is 1.37. The number of thiophene rings is 1. The van der Waals surface area contributed by atoms with Crippen LogP contribution < -0.4 is 15.2 Å². The van der Waals surface area contributed by atoms with Gasteiger partial charge in [-0.2, -0.15) is 5.10 Å². The Balaban J connectivity index is 1.29. The number of aromatic amines is 1. The second-order valence-corrected chi connectivity index (χ2v) is 8.15. The second-order valence-electron chi connectivity index (χ2n) is 7.23. The lowest BCUT2D eigenvalue weighted by Crippen LogP contribution is -2.41.